The van der Waals surface area contributed by atoms with Crippen LogP contribution in [0.3, 0.4) is 0 Å². The van der Waals surface area contributed by atoms with Crippen LogP contribution in [0.2, 0.25) is 0 Å². The molecule has 4 N–H and O–H groups in total. The molecule has 1 aromatic carbocycles. The van der Waals surface area contributed by atoms with Crippen LogP contribution < -0.4 is 11.1 Å². The van der Waals surface area contributed by atoms with Gasteiger partial charge >= 0.3 is 0 Å². The number of halogens is 1. The van der Waals surface area contributed by atoms with Crippen LogP contribution in [-0.2, 0) is 4.74 Å². The molecule has 0 amide bonds. The normalized spacial score (nSPS) is 24.6. The fourth-order valence-corrected chi connectivity index (χ4v) is 2.40. The number of hydrogen-bond donors (Lipinski definition) is 3. The van der Waals surface area contributed by atoms with Crippen LogP contribution in [0, 0.1) is 3.57 Å². The van der Waals surface area contributed by atoms with Gasteiger partial charge in [-0.1, -0.05) is 0 Å². The van der Waals surface area contributed by atoms with Crippen LogP contribution in [0.4, 0.5) is 11.4 Å². The maximum Gasteiger partial charge on any atom is 0.107 e. The molecule has 1 atom stereocenters. The molecule has 1 saturated heterocycles. The maximum atomic E-state index is 10.1. The molecule has 5 heteroatoms. The molecular formula is C11H15IN2O2. The Kier molecular flexibility index (Phi) is 3.56. The summed E-state index contributed by atoms with van der Waals surface area (Å²) in [6, 6.07) is 5.67. The molecule has 1 heterocycles. The zero-order chi connectivity index (χ0) is 11.6. The van der Waals surface area contributed by atoms with Gasteiger partial charge in [0.25, 0.3) is 0 Å². The lowest BCUT2D eigenvalue weighted by atomic mass is 10.0. The molecule has 0 saturated carbocycles. The van der Waals surface area contributed by atoms with Gasteiger partial charge in [0.2, 0.25) is 0 Å². The Bertz CT molecular complexity index is 378. The number of benzene rings is 1. The van der Waals surface area contributed by atoms with Gasteiger partial charge in [-0.2, -0.15) is 0 Å². The van der Waals surface area contributed by atoms with Crippen LogP contribution in [0.5, 0.6) is 0 Å². The van der Waals surface area contributed by atoms with Crippen molar-refractivity contribution in [2.75, 3.05) is 30.8 Å². The van der Waals surface area contributed by atoms with Gasteiger partial charge in [0.15, 0.2) is 0 Å². The second-order valence-corrected chi connectivity index (χ2v) is 5.28. The molecule has 1 aliphatic rings. The first-order valence-corrected chi connectivity index (χ1v) is 6.26. The Labute approximate surface area is 108 Å². The van der Waals surface area contributed by atoms with Crippen molar-refractivity contribution in [2.45, 2.75) is 12.0 Å². The highest BCUT2D eigenvalue weighted by Crippen LogP contribution is 2.23. The monoisotopic (exact) mass is 334 g/mol. The minimum atomic E-state index is -0.732. The van der Waals surface area contributed by atoms with E-state index in [2.05, 4.69) is 27.9 Å². The summed E-state index contributed by atoms with van der Waals surface area (Å²) in [5.41, 5.74) is 6.68. The van der Waals surface area contributed by atoms with Gasteiger partial charge in [0, 0.05) is 34.5 Å². The SMILES string of the molecule is Nc1ccc(NCC2(O)CCOC2)c(I)c1. The molecule has 16 heavy (non-hydrogen) atoms. The molecule has 2 rings (SSSR count). The lowest BCUT2D eigenvalue weighted by molar-refractivity contribution is 0.0382. The second kappa shape index (κ2) is 4.77. The van der Waals surface area contributed by atoms with Crippen LogP contribution in [0.1, 0.15) is 6.42 Å². The van der Waals surface area contributed by atoms with E-state index in [1.54, 1.807) is 0 Å². The zero-order valence-corrected chi connectivity index (χ0v) is 11.0. The van der Waals surface area contributed by atoms with E-state index in [0.29, 0.717) is 26.2 Å². The molecule has 0 aliphatic carbocycles. The van der Waals surface area contributed by atoms with E-state index in [1.807, 2.05) is 18.2 Å². The van der Waals surface area contributed by atoms with E-state index in [4.69, 9.17) is 10.5 Å². The molecule has 1 fully saturated rings. The van der Waals surface area contributed by atoms with Crippen molar-refractivity contribution >= 4 is 34.0 Å². The smallest absolute Gasteiger partial charge is 0.107 e. The average Bonchev–Trinajstić information content (AvgIpc) is 2.64. The quantitative estimate of drug-likeness (QED) is 0.578. The number of nitrogens with two attached hydrogens (primary N) is 1. The first-order chi connectivity index (χ1) is 7.59. The van der Waals surface area contributed by atoms with E-state index >= 15 is 0 Å². The molecule has 1 unspecified atom stereocenters. The van der Waals surface area contributed by atoms with Crippen LogP contribution in [0.25, 0.3) is 0 Å². The molecule has 88 valence electrons. The molecule has 0 bridgehead atoms. The van der Waals surface area contributed by atoms with Crippen molar-refractivity contribution in [3.63, 3.8) is 0 Å². The van der Waals surface area contributed by atoms with Crippen LogP contribution in [0.15, 0.2) is 18.2 Å². The van der Waals surface area contributed by atoms with E-state index in [0.717, 1.165) is 14.9 Å². The number of ether oxygens (including phenoxy) is 1. The first-order valence-electron chi connectivity index (χ1n) is 5.18. The molecule has 1 aliphatic heterocycles. The highest BCUT2D eigenvalue weighted by Gasteiger charge is 2.31. The average molecular weight is 334 g/mol. The Morgan fingerprint density at radius 3 is 3.00 bits per heavy atom. The van der Waals surface area contributed by atoms with E-state index < -0.39 is 5.60 Å². The Morgan fingerprint density at radius 1 is 1.56 bits per heavy atom. The molecular weight excluding hydrogens is 319 g/mol. The number of aliphatic hydroxyl groups is 1. The van der Waals surface area contributed by atoms with Gasteiger partial charge in [-0.05, 0) is 40.8 Å². The second-order valence-electron chi connectivity index (χ2n) is 4.12. The fraction of sp³-hybridized carbons (Fsp3) is 0.455. The standard InChI is InChI=1S/C11H15IN2O2/c12-9-5-8(13)1-2-10(9)14-6-11(15)3-4-16-7-11/h1-2,5,14-15H,3-4,6-7,13H2. The predicted molar refractivity (Wildman–Crippen MR) is 72.4 cm³/mol. The number of hydrogen-bond acceptors (Lipinski definition) is 4. The summed E-state index contributed by atoms with van der Waals surface area (Å²) in [4.78, 5) is 0. The van der Waals surface area contributed by atoms with E-state index in [1.165, 1.54) is 0 Å². The minimum absolute atomic E-state index is 0.408. The third-order valence-corrected chi connectivity index (χ3v) is 3.58. The van der Waals surface area contributed by atoms with Crippen molar-refractivity contribution in [1.29, 1.82) is 0 Å². The molecule has 0 radical (unpaired) electrons. The molecule has 0 spiro atoms. The Morgan fingerprint density at radius 2 is 2.38 bits per heavy atom. The van der Waals surface area contributed by atoms with Crippen LogP contribution >= 0.6 is 22.6 Å². The van der Waals surface area contributed by atoms with Crippen molar-refractivity contribution in [2.24, 2.45) is 0 Å². The highest BCUT2D eigenvalue weighted by atomic mass is 127. The summed E-state index contributed by atoms with van der Waals surface area (Å²) in [5, 5.41) is 13.3. The van der Waals surface area contributed by atoms with Gasteiger partial charge < -0.3 is 20.9 Å². The first kappa shape index (κ1) is 11.9. The van der Waals surface area contributed by atoms with Crippen molar-refractivity contribution < 1.29 is 9.84 Å². The lowest BCUT2D eigenvalue weighted by Crippen LogP contribution is -2.37. The third kappa shape index (κ3) is 2.78. The van der Waals surface area contributed by atoms with E-state index in [9.17, 15) is 5.11 Å². The fourth-order valence-electron chi connectivity index (χ4n) is 1.67. The number of nitrogen functional groups attached to an aromatic ring is 1. The minimum Gasteiger partial charge on any atom is -0.399 e. The topological polar surface area (TPSA) is 67.5 Å². The molecule has 0 aromatic heterocycles. The largest absolute Gasteiger partial charge is 0.399 e. The Balaban J connectivity index is 1.99. The van der Waals surface area contributed by atoms with Crippen molar-refractivity contribution in [3.05, 3.63) is 21.8 Å². The summed E-state index contributed by atoms with van der Waals surface area (Å²) >= 11 is 2.22. The van der Waals surface area contributed by atoms with Crippen molar-refractivity contribution in [1.82, 2.24) is 0 Å². The number of rotatable bonds is 3. The highest BCUT2D eigenvalue weighted by molar-refractivity contribution is 14.1. The van der Waals surface area contributed by atoms with Gasteiger partial charge in [-0.15, -0.1) is 0 Å². The number of nitrogens with one attached hydrogen (secondary N) is 1. The summed E-state index contributed by atoms with van der Waals surface area (Å²) in [6.07, 6.45) is 0.686. The maximum absolute atomic E-state index is 10.1. The lowest BCUT2D eigenvalue weighted by Gasteiger charge is -2.21. The number of anilines is 2. The van der Waals surface area contributed by atoms with Gasteiger partial charge in [0.05, 0.1) is 6.61 Å². The summed E-state index contributed by atoms with van der Waals surface area (Å²) in [6.45, 7) is 1.55. The van der Waals surface area contributed by atoms with Gasteiger partial charge in [-0.3, -0.25) is 0 Å². The summed E-state index contributed by atoms with van der Waals surface area (Å²) in [5.74, 6) is 0. The van der Waals surface area contributed by atoms with E-state index in [-0.39, 0.29) is 0 Å². The van der Waals surface area contributed by atoms with Crippen molar-refractivity contribution in [3.8, 4) is 0 Å². The van der Waals surface area contributed by atoms with Gasteiger partial charge in [0.1, 0.15) is 5.60 Å². The molecule has 4 nitrogen and oxygen atoms in total. The summed E-state index contributed by atoms with van der Waals surface area (Å²) < 4.78 is 6.24. The van der Waals surface area contributed by atoms with Crippen LogP contribution in [-0.4, -0.2) is 30.5 Å². The zero-order valence-electron chi connectivity index (χ0n) is 8.87. The Hall–Kier alpha value is -0.530. The third-order valence-electron chi connectivity index (χ3n) is 2.68. The molecule has 1 aromatic rings. The predicted octanol–water partition coefficient (Wildman–Crippen LogP) is 1.44. The summed E-state index contributed by atoms with van der Waals surface area (Å²) in [7, 11) is 0. The van der Waals surface area contributed by atoms with Gasteiger partial charge in [-0.25, -0.2) is 0 Å².